The zero-order chi connectivity index (χ0) is 24.9. The summed E-state index contributed by atoms with van der Waals surface area (Å²) >= 11 is 0. The lowest BCUT2D eigenvalue weighted by Crippen LogP contribution is -2.51. The Kier molecular flexibility index (Phi) is 5.99. The number of likely N-dealkylation sites (tertiary alicyclic amines) is 1. The van der Waals surface area contributed by atoms with E-state index in [1.807, 2.05) is 12.1 Å². The van der Waals surface area contributed by atoms with Gasteiger partial charge in [0, 0.05) is 39.0 Å². The molecule has 3 atom stereocenters. The lowest BCUT2D eigenvalue weighted by molar-refractivity contribution is -0.135. The van der Waals surface area contributed by atoms with Gasteiger partial charge in [-0.05, 0) is 25.0 Å². The minimum absolute atomic E-state index is 0.170. The van der Waals surface area contributed by atoms with Gasteiger partial charge in [0.05, 0.1) is 36.0 Å². The Balaban J connectivity index is 1.27. The normalized spacial score (nSPS) is 25.6. The molecule has 1 aromatic heterocycles. The summed E-state index contributed by atoms with van der Waals surface area (Å²) in [5.74, 6) is -0.618. The van der Waals surface area contributed by atoms with Gasteiger partial charge in [0.2, 0.25) is 11.8 Å². The lowest BCUT2D eigenvalue weighted by Gasteiger charge is -2.42. The van der Waals surface area contributed by atoms with E-state index in [0.29, 0.717) is 37.2 Å². The number of carboxylic acid groups (broad SMARTS) is 1. The number of nitrogens with one attached hydrogen (secondary N) is 1. The van der Waals surface area contributed by atoms with E-state index in [0.717, 1.165) is 10.6 Å². The van der Waals surface area contributed by atoms with Crippen LogP contribution in [0.5, 0.6) is 0 Å². The van der Waals surface area contributed by atoms with Gasteiger partial charge in [-0.25, -0.2) is 14.0 Å². The molecule has 0 spiro atoms. The summed E-state index contributed by atoms with van der Waals surface area (Å²) in [5, 5.41) is 11.3. The van der Waals surface area contributed by atoms with Crippen molar-refractivity contribution < 1.29 is 28.6 Å². The SMILES string of the molecule is Cn1c(=O)n(C2CCC(=O)NC2=O)c2cccc(N3CC(CO[C@H]4CCN(C(=O)O)C[C@H]4F)C3)c21. The molecule has 3 aliphatic heterocycles. The molecule has 2 N–H and O–H groups in total. The molecule has 188 valence electrons. The third-order valence-corrected chi connectivity index (χ3v) is 7.20. The van der Waals surface area contributed by atoms with Crippen molar-refractivity contribution in [3.8, 4) is 0 Å². The number of ether oxygens (including phenoxy) is 1. The molecule has 3 aliphatic rings. The molecule has 12 heteroatoms. The molecule has 3 amide bonds. The zero-order valence-electron chi connectivity index (χ0n) is 19.4. The van der Waals surface area contributed by atoms with Gasteiger partial charge in [-0.2, -0.15) is 0 Å². The van der Waals surface area contributed by atoms with Crippen molar-refractivity contribution in [1.82, 2.24) is 19.4 Å². The van der Waals surface area contributed by atoms with E-state index in [9.17, 15) is 23.6 Å². The van der Waals surface area contributed by atoms with Crippen molar-refractivity contribution in [2.75, 3.05) is 37.7 Å². The fraction of sp³-hybridized carbons (Fsp3) is 0.565. The van der Waals surface area contributed by atoms with E-state index in [-0.39, 0.29) is 43.4 Å². The number of benzene rings is 1. The number of hydrogen-bond donors (Lipinski definition) is 2. The molecule has 0 aliphatic carbocycles. The van der Waals surface area contributed by atoms with Gasteiger partial charge < -0.3 is 19.6 Å². The van der Waals surface area contributed by atoms with Gasteiger partial charge in [0.1, 0.15) is 12.2 Å². The highest BCUT2D eigenvalue weighted by molar-refractivity contribution is 6.00. The van der Waals surface area contributed by atoms with Gasteiger partial charge in [-0.15, -0.1) is 0 Å². The van der Waals surface area contributed by atoms with Crippen LogP contribution in [0.4, 0.5) is 14.9 Å². The summed E-state index contributed by atoms with van der Waals surface area (Å²) in [7, 11) is 1.67. The average molecular weight is 490 g/mol. The fourth-order valence-corrected chi connectivity index (χ4v) is 5.28. The number of para-hydroxylation sites is 1. The summed E-state index contributed by atoms with van der Waals surface area (Å²) in [6.45, 7) is 1.80. The number of nitrogens with zero attached hydrogens (tertiary/aromatic N) is 4. The second kappa shape index (κ2) is 8.99. The van der Waals surface area contributed by atoms with E-state index in [1.54, 1.807) is 13.1 Å². The predicted octanol–water partition coefficient (Wildman–Crippen LogP) is 0.861. The molecule has 11 nitrogen and oxygen atoms in total. The predicted molar refractivity (Wildman–Crippen MR) is 123 cm³/mol. The standard InChI is InChI=1S/C23H28FN5O6/c1-26-20-15(3-2-4-16(20)29(22(26)32)17-5-6-19(30)25-21(17)31)28-9-13(10-28)12-35-18-7-8-27(23(33)34)11-14(18)24/h2-4,13-14,17-18H,5-12H2,1H3,(H,33,34)(H,25,30,31)/t14-,17?,18+/m1/s1. The molecule has 1 unspecified atom stereocenters. The number of fused-ring (bicyclic) bond motifs is 1. The number of halogens is 1. The number of aryl methyl sites for hydroxylation is 1. The number of amides is 3. The zero-order valence-corrected chi connectivity index (χ0v) is 19.4. The molecule has 0 radical (unpaired) electrons. The van der Waals surface area contributed by atoms with Crippen molar-refractivity contribution in [3.05, 3.63) is 28.7 Å². The quantitative estimate of drug-likeness (QED) is 0.597. The number of piperidine rings is 2. The van der Waals surface area contributed by atoms with Gasteiger partial charge in [0.25, 0.3) is 0 Å². The van der Waals surface area contributed by atoms with Crippen molar-refractivity contribution in [2.24, 2.45) is 13.0 Å². The van der Waals surface area contributed by atoms with Gasteiger partial charge in [-0.1, -0.05) is 6.07 Å². The Hall–Kier alpha value is -3.41. The summed E-state index contributed by atoms with van der Waals surface area (Å²) in [6.07, 6.45) is -2.27. The van der Waals surface area contributed by atoms with Gasteiger partial charge in [0.15, 0.2) is 0 Å². The average Bonchev–Trinajstić information content (AvgIpc) is 3.04. The first kappa shape index (κ1) is 23.3. The molecular formula is C23H28FN5O6. The Labute approximate surface area is 200 Å². The minimum atomic E-state index is -1.34. The first-order valence-corrected chi connectivity index (χ1v) is 11.8. The first-order chi connectivity index (χ1) is 16.7. The second-order valence-corrected chi connectivity index (χ2v) is 9.50. The van der Waals surface area contributed by atoms with Crippen LogP contribution in [0.3, 0.4) is 0 Å². The highest BCUT2D eigenvalue weighted by Gasteiger charge is 2.36. The van der Waals surface area contributed by atoms with Crippen LogP contribution >= 0.6 is 0 Å². The van der Waals surface area contributed by atoms with Crippen molar-refractivity contribution in [2.45, 2.75) is 37.6 Å². The monoisotopic (exact) mass is 489 g/mol. The molecule has 3 saturated heterocycles. The van der Waals surface area contributed by atoms with Crippen LogP contribution in [0.25, 0.3) is 11.0 Å². The topological polar surface area (TPSA) is 126 Å². The maximum absolute atomic E-state index is 14.3. The maximum atomic E-state index is 14.3. The van der Waals surface area contributed by atoms with E-state index >= 15 is 0 Å². The van der Waals surface area contributed by atoms with Crippen LogP contribution in [-0.4, -0.2) is 82.1 Å². The van der Waals surface area contributed by atoms with Crippen LogP contribution in [0.15, 0.2) is 23.0 Å². The number of rotatable bonds is 5. The smallest absolute Gasteiger partial charge is 0.407 e. The largest absolute Gasteiger partial charge is 0.465 e. The van der Waals surface area contributed by atoms with Gasteiger partial charge in [-0.3, -0.25) is 24.0 Å². The second-order valence-electron chi connectivity index (χ2n) is 9.50. The van der Waals surface area contributed by atoms with E-state index in [2.05, 4.69) is 10.2 Å². The molecule has 3 fully saturated rings. The number of anilines is 1. The van der Waals surface area contributed by atoms with E-state index in [4.69, 9.17) is 9.84 Å². The number of carbonyl (C=O) groups excluding carboxylic acids is 2. The third-order valence-electron chi connectivity index (χ3n) is 7.20. The third kappa shape index (κ3) is 4.15. The van der Waals surface area contributed by atoms with Crippen LogP contribution in [-0.2, 0) is 21.4 Å². The Morgan fingerprint density at radius 3 is 2.66 bits per heavy atom. The molecular weight excluding hydrogens is 461 g/mol. The maximum Gasteiger partial charge on any atom is 0.407 e. The Morgan fingerprint density at radius 1 is 1.20 bits per heavy atom. The molecule has 5 rings (SSSR count). The van der Waals surface area contributed by atoms with Crippen molar-refractivity contribution in [1.29, 1.82) is 0 Å². The van der Waals surface area contributed by atoms with Crippen LogP contribution in [0.1, 0.15) is 25.3 Å². The van der Waals surface area contributed by atoms with E-state index < -0.39 is 30.3 Å². The summed E-state index contributed by atoms with van der Waals surface area (Å²) in [6, 6.07) is 4.83. The van der Waals surface area contributed by atoms with Crippen LogP contribution in [0.2, 0.25) is 0 Å². The number of alkyl halides is 1. The molecule has 4 heterocycles. The minimum Gasteiger partial charge on any atom is -0.465 e. The van der Waals surface area contributed by atoms with Crippen molar-refractivity contribution in [3.63, 3.8) is 0 Å². The summed E-state index contributed by atoms with van der Waals surface area (Å²) in [4.78, 5) is 51.3. The number of aromatic nitrogens is 2. The Morgan fingerprint density at radius 2 is 1.97 bits per heavy atom. The Bertz CT molecular complexity index is 1230. The van der Waals surface area contributed by atoms with Gasteiger partial charge >= 0.3 is 11.8 Å². The first-order valence-electron chi connectivity index (χ1n) is 11.8. The van der Waals surface area contributed by atoms with Crippen LogP contribution < -0.4 is 15.9 Å². The molecule has 1 aromatic carbocycles. The van der Waals surface area contributed by atoms with E-state index in [1.165, 1.54) is 9.13 Å². The molecule has 0 bridgehead atoms. The molecule has 0 saturated carbocycles. The number of carbonyl (C=O) groups is 3. The summed E-state index contributed by atoms with van der Waals surface area (Å²) < 4.78 is 23.1. The lowest BCUT2D eigenvalue weighted by atomic mass is 9.99. The highest BCUT2D eigenvalue weighted by atomic mass is 19.1. The number of imide groups is 1. The molecule has 35 heavy (non-hydrogen) atoms. The highest BCUT2D eigenvalue weighted by Crippen LogP contribution is 2.33. The number of hydrogen-bond acceptors (Lipinski definition) is 6. The number of imidazole rings is 1. The fourth-order valence-electron chi connectivity index (χ4n) is 5.28. The van der Waals surface area contributed by atoms with Crippen LogP contribution in [0, 0.1) is 5.92 Å². The molecule has 2 aromatic rings. The summed E-state index contributed by atoms with van der Waals surface area (Å²) in [5.41, 5.74) is 1.90. The van der Waals surface area contributed by atoms with Crippen molar-refractivity contribution >= 4 is 34.6 Å².